The van der Waals surface area contributed by atoms with Gasteiger partial charge in [0.05, 0.1) is 17.3 Å². The molecule has 0 aromatic carbocycles. The second-order valence-electron chi connectivity index (χ2n) is 5.99. The molecule has 0 spiro atoms. The SMILES string of the molecule is Cc1sc2ncnc(SCC(=O)N(C)[C@H]3CCS(=O)(=O)C3)c2c1C. The fourth-order valence-corrected chi connectivity index (χ4v) is 6.59. The van der Waals surface area contributed by atoms with Crippen LogP contribution in [0.25, 0.3) is 10.2 Å². The number of aryl methyl sites for hydroxylation is 2. The van der Waals surface area contributed by atoms with Crippen LogP contribution in [0.3, 0.4) is 0 Å². The number of thiophene rings is 1. The minimum Gasteiger partial charge on any atom is -0.341 e. The third-order valence-corrected chi connectivity index (χ3v) is 8.25. The van der Waals surface area contributed by atoms with Gasteiger partial charge in [-0.2, -0.15) is 0 Å². The maximum atomic E-state index is 12.4. The molecule has 24 heavy (non-hydrogen) atoms. The predicted octanol–water partition coefficient (Wildman–Crippen LogP) is 2.05. The third kappa shape index (κ3) is 3.43. The fourth-order valence-electron chi connectivity index (χ4n) is 2.78. The van der Waals surface area contributed by atoms with E-state index in [2.05, 4.69) is 16.9 Å². The van der Waals surface area contributed by atoms with E-state index in [0.29, 0.717) is 6.42 Å². The molecule has 1 aliphatic heterocycles. The molecule has 1 fully saturated rings. The van der Waals surface area contributed by atoms with Gasteiger partial charge in [0.1, 0.15) is 16.2 Å². The summed E-state index contributed by atoms with van der Waals surface area (Å²) >= 11 is 3.01. The van der Waals surface area contributed by atoms with E-state index in [1.54, 1.807) is 23.3 Å². The Morgan fingerprint density at radius 1 is 1.42 bits per heavy atom. The molecule has 0 unspecified atom stereocenters. The molecule has 0 N–H and O–H groups in total. The van der Waals surface area contributed by atoms with E-state index >= 15 is 0 Å². The van der Waals surface area contributed by atoms with E-state index < -0.39 is 9.84 Å². The highest BCUT2D eigenvalue weighted by Gasteiger charge is 2.32. The van der Waals surface area contributed by atoms with Gasteiger partial charge >= 0.3 is 0 Å². The zero-order valence-electron chi connectivity index (χ0n) is 13.8. The summed E-state index contributed by atoms with van der Waals surface area (Å²) in [7, 11) is -1.31. The van der Waals surface area contributed by atoms with Crippen LogP contribution in [0.5, 0.6) is 0 Å². The smallest absolute Gasteiger partial charge is 0.233 e. The number of amides is 1. The van der Waals surface area contributed by atoms with Crippen molar-refractivity contribution in [2.24, 2.45) is 0 Å². The van der Waals surface area contributed by atoms with Crippen LogP contribution in [-0.4, -0.2) is 59.5 Å². The second-order valence-corrected chi connectivity index (χ2v) is 10.4. The Bertz CT molecular complexity index is 892. The van der Waals surface area contributed by atoms with E-state index in [4.69, 9.17) is 0 Å². The lowest BCUT2D eigenvalue weighted by molar-refractivity contribution is -0.128. The van der Waals surface area contributed by atoms with Crippen LogP contribution in [-0.2, 0) is 14.6 Å². The maximum absolute atomic E-state index is 12.4. The first-order valence-corrected chi connectivity index (χ1v) is 11.2. The minimum absolute atomic E-state index is 0.0699. The first-order chi connectivity index (χ1) is 11.3. The predicted molar refractivity (Wildman–Crippen MR) is 97.4 cm³/mol. The number of carbonyl (C=O) groups is 1. The largest absolute Gasteiger partial charge is 0.341 e. The second kappa shape index (κ2) is 6.61. The molecule has 0 aliphatic carbocycles. The molecule has 2 aromatic rings. The Balaban J connectivity index is 1.71. The zero-order chi connectivity index (χ0) is 17.5. The van der Waals surface area contributed by atoms with E-state index in [9.17, 15) is 13.2 Å². The molecule has 1 atom stereocenters. The lowest BCUT2D eigenvalue weighted by Gasteiger charge is -2.23. The number of fused-ring (bicyclic) bond motifs is 1. The number of rotatable bonds is 4. The molecule has 2 aromatic heterocycles. The van der Waals surface area contributed by atoms with Crippen LogP contribution in [0.1, 0.15) is 16.9 Å². The Labute approximate surface area is 149 Å². The average Bonchev–Trinajstić information content (AvgIpc) is 3.04. The lowest BCUT2D eigenvalue weighted by Crippen LogP contribution is -2.38. The van der Waals surface area contributed by atoms with Crippen molar-refractivity contribution in [3.63, 3.8) is 0 Å². The molecule has 0 radical (unpaired) electrons. The molecule has 3 heterocycles. The zero-order valence-corrected chi connectivity index (χ0v) is 16.2. The van der Waals surface area contributed by atoms with Crippen molar-refractivity contribution < 1.29 is 13.2 Å². The highest BCUT2D eigenvalue weighted by Crippen LogP contribution is 2.34. The molecule has 0 saturated carbocycles. The van der Waals surface area contributed by atoms with Gasteiger partial charge in [-0.15, -0.1) is 11.3 Å². The molecule has 1 saturated heterocycles. The van der Waals surface area contributed by atoms with E-state index in [1.807, 2.05) is 6.92 Å². The molecule has 6 nitrogen and oxygen atoms in total. The van der Waals surface area contributed by atoms with Crippen molar-refractivity contribution in [2.75, 3.05) is 24.3 Å². The number of aromatic nitrogens is 2. The summed E-state index contributed by atoms with van der Waals surface area (Å²) in [6.07, 6.45) is 2.05. The summed E-state index contributed by atoms with van der Waals surface area (Å²) in [5, 5.41) is 1.83. The lowest BCUT2D eigenvalue weighted by atomic mass is 10.2. The van der Waals surface area contributed by atoms with Crippen LogP contribution in [0.4, 0.5) is 0 Å². The molecule has 3 rings (SSSR count). The van der Waals surface area contributed by atoms with Crippen molar-refractivity contribution >= 4 is 49.1 Å². The van der Waals surface area contributed by atoms with Crippen molar-refractivity contribution in [1.29, 1.82) is 0 Å². The molecular formula is C15H19N3O3S3. The topological polar surface area (TPSA) is 80.2 Å². The van der Waals surface area contributed by atoms with Gasteiger partial charge in [0.15, 0.2) is 9.84 Å². The number of thioether (sulfide) groups is 1. The number of hydrogen-bond donors (Lipinski definition) is 0. The first-order valence-electron chi connectivity index (χ1n) is 7.58. The van der Waals surface area contributed by atoms with Gasteiger partial charge in [-0.1, -0.05) is 11.8 Å². The minimum atomic E-state index is -2.99. The van der Waals surface area contributed by atoms with E-state index in [1.165, 1.54) is 23.0 Å². The van der Waals surface area contributed by atoms with Gasteiger partial charge in [-0.25, -0.2) is 18.4 Å². The quantitative estimate of drug-likeness (QED) is 0.592. The van der Waals surface area contributed by atoms with Crippen molar-refractivity contribution in [1.82, 2.24) is 14.9 Å². The average molecular weight is 386 g/mol. The normalized spacial score (nSPS) is 19.7. The summed E-state index contributed by atoms with van der Waals surface area (Å²) in [6, 6.07) is -0.210. The van der Waals surface area contributed by atoms with Crippen molar-refractivity contribution in [3.05, 3.63) is 16.8 Å². The van der Waals surface area contributed by atoms with E-state index in [-0.39, 0.29) is 29.2 Å². The molecule has 130 valence electrons. The van der Waals surface area contributed by atoms with Crippen LogP contribution >= 0.6 is 23.1 Å². The van der Waals surface area contributed by atoms with Crippen molar-refractivity contribution in [2.45, 2.75) is 31.3 Å². The van der Waals surface area contributed by atoms with Crippen molar-refractivity contribution in [3.8, 4) is 0 Å². The Morgan fingerprint density at radius 3 is 2.83 bits per heavy atom. The van der Waals surface area contributed by atoms with Crippen LogP contribution in [0.15, 0.2) is 11.4 Å². The Kier molecular flexibility index (Phi) is 4.85. The van der Waals surface area contributed by atoms with Crippen LogP contribution in [0, 0.1) is 13.8 Å². The molecule has 0 bridgehead atoms. The highest BCUT2D eigenvalue weighted by molar-refractivity contribution is 8.00. The number of carbonyl (C=O) groups excluding carboxylic acids is 1. The summed E-state index contributed by atoms with van der Waals surface area (Å²) in [5.74, 6) is 0.412. The number of hydrogen-bond acceptors (Lipinski definition) is 7. The monoisotopic (exact) mass is 385 g/mol. The summed E-state index contributed by atoms with van der Waals surface area (Å²) in [6.45, 7) is 4.09. The summed E-state index contributed by atoms with van der Waals surface area (Å²) in [5.41, 5.74) is 1.15. The van der Waals surface area contributed by atoms with Crippen LogP contribution in [0.2, 0.25) is 0 Å². The molecular weight excluding hydrogens is 366 g/mol. The van der Waals surface area contributed by atoms with Gasteiger partial charge in [-0.3, -0.25) is 4.79 Å². The summed E-state index contributed by atoms with van der Waals surface area (Å²) < 4.78 is 23.1. The van der Waals surface area contributed by atoms with Gasteiger partial charge in [0.25, 0.3) is 0 Å². The maximum Gasteiger partial charge on any atom is 0.233 e. The fraction of sp³-hybridized carbons (Fsp3) is 0.533. The number of sulfone groups is 1. The van der Waals surface area contributed by atoms with Gasteiger partial charge < -0.3 is 4.90 Å². The van der Waals surface area contributed by atoms with Gasteiger partial charge in [0.2, 0.25) is 5.91 Å². The number of nitrogens with zero attached hydrogens (tertiary/aromatic N) is 3. The first kappa shape index (κ1) is 17.6. The molecule has 1 amide bonds. The van der Waals surface area contributed by atoms with Gasteiger partial charge in [0, 0.05) is 23.4 Å². The Morgan fingerprint density at radius 2 is 2.17 bits per heavy atom. The Hall–Kier alpha value is -1.19. The molecule has 9 heteroatoms. The van der Waals surface area contributed by atoms with Gasteiger partial charge in [-0.05, 0) is 25.8 Å². The third-order valence-electron chi connectivity index (χ3n) is 4.41. The summed E-state index contributed by atoms with van der Waals surface area (Å²) in [4.78, 5) is 24.7. The standard InChI is InChI=1S/C15H19N3O3S3/c1-9-10(2)23-15-13(9)14(16-8-17-15)22-6-12(19)18(3)11-4-5-24(20,21)7-11/h8,11H,4-7H2,1-3H3/t11-/m0/s1. The highest BCUT2D eigenvalue weighted by atomic mass is 32.2. The van der Waals surface area contributed by atoms with E-state index in [0.717, 1.165) is 20.8 Å². The van der Waals surface area contributed by atoms with Crippen LogP contribution < -0.4 is 0 Å². The molecule has 1 aliphatic rings.